The van der Waals surface area contributed by atoms with Gasteiger partial charge in [0.25, 0.3) is 9.05 Å². The van der Waals surface area contributed by atoms with E-state index < -0.39 is 9.05 Å². The summed E-state index contributed by atoms with van der Waals surface area (Å²) in [6.07, 6.45) is 0.462. The summed E-state index contributed by atoms with van der Waals surface area (Å²) in [6, 6.07) is 2.79. The molecule has 0 spiro atoms. The highest BCUT2D eigenvalue weighted by Gasteiger charge is 2.18. The number of halogens is 1. The number of methoxy groups -OCH3 is 1. The fourth-order valence-electron chi connectivity index (χ4n) is 1.20. The first-order valence-corrected chi connectivity index (χ1v) is 6.29. The van der Waals surface area contributed by atoms with Gasteiger partial charge in [0, 0.05) is 22.3 Å². The van der Waals surface area contributed by atoms with Crippen molar-refractivity contribution in [3.05, 3.63) is 23.3 Å². The van der Waals surface area contributed by atoms with E-state index in [4.69, 9.17) is 15.4 Å². The van der Waals surface area contributed by atoms with Crippen LogP contribution in [0.15, 0.2) is 17.0 Å². The summed E-state index contributed by atoms with van der Waals surface area (Å²) in [6.45, 7) is 1.61. The Bertz CT molecular complexity index is 493. The molecule has 0 aliphatic heterocycles. The Morgan fingerprint density at radius 2 is 2.00 bits per heavy atom. The second-order valence-corrected chi connectivity index (χ2v) is 5.45. The molecule has 0 saturated heterocycles. The van der Waals surface area contributed by atoms with Crippen LogP contribution in [0.2, 0.25) is 0 Å². The van der Waals surface area contributed by atoms with E-state index in [2.05, 4.69) is 0 Å². The number of carbonyl (C=O) groups excluding carboxylic acids is 1. The molecule has 1 aromatic carbocycles. The van der Waals surface area contributed by atoms with Crippen LogP contribution in [0.3, 0.4) is 0 Å². The lowest BCUT2D eigenvalue weighted by molar-refractivity contribution is 0.112. The number of hydrogen-bond acceptors (Lipinski definition) is 4. The van der Waals surface area contributed by atoms with Crippen molar-refractivity contribution in [2.45, 2.75) is 11.8 Å². The van der Waals surface area contributed by atoms with Gasteiger partial charge in [-0.2, -0.15) is 0 Å². The second-order valence-electron chi connectivity index (χ2n) is 2.91. The van der Waals surface area contributed by atoms with Crippen molar-refractivity contribution in [1.82, 2.24) is 0 Å². The molecule has 0 saturated carbocycles. The lowest BCUT2D eigenvalue weighted by atomic mass is 10.1. The number of carbonyl (C=O) groups is 1. The van der Waals surface area contributed by atoms with Crippen molar-refractivity contribution in [1.29, 1.82) is 0 Å². The van der Waals surface area contributed by atoms with Gasteiger partial charge in [-0.25, -0.2) is 8.42 Å². The van der Waals surface area contributed by atoms with Crippen molar-refractivity contribution in [2.24, 2.45) is 0 Å². The summed E-state index contributed by atoms with van der Waals surface area (Å²) in [7, 11) is 2.66. The Morgan fingerprint density at radius 3 is 2.40 bits per heavy atom. The van der Waals surface area contributed by atoms with Crippen LogP contribution in [0.4, 0.5) is 0 Å². The van der Waals surface area contributed by atoms with Crippen molar-refractivity contribution < 1.29 is 17.9 Å². The van der Waals surface area contributed by atoms with E-state index >= 15 is 0 Å². The molecule has 0 aliphatic carbocycles. The van der Waals surface area contributed by atoms with Crippen molar-refractivity contribution in [2.75, 3.05) is 7.11 Å². The molecule has 0 aliphatic rings. The van der Waals surface area contributed by atoms with Crippen LogP contribution in [0.5, 0.6) is 5.75 Å². The number of aryl methyl sites for hydroxylation is 1. The van der Waals surface area contributed by atoms with Gasteiger partial charge in [-0.05, 0) is 18.6 Å². The second kappa shape index (κ2) is 4.20. The van der Waals surface area contributed by atoms with Crippen molar-refractivity contribution in [3.63, 3.8) is 0 Å². The minimum Gasteiger partial charge on any atom is -0.497 e. The van der Waals surface area contributed by atoms with Gasteiger partial charge in [-0.15, -0.1) is 0 Å². The molecular formula is C9H9ClO4S. The third-order valence-corrected chi connectivity index (χ3v) is 3.30. The number of ether oxygens (including phenoxy) is 1. The minimum atomic E-state index is -3.94. The maximum absolute atomic E-state index is 11.2. The summed E-state index contributed by atoms with van der Waals surface area (Å²) in [4.78, 5) is 10.5. The third-order valence-electron chi connectivity index (χ3n) is 1.94. The molecular weight excluding hydrogens is 240 g/mol. The van der Waals surface area contributed by atoms with Gasteiger partial charge in [0.1, 0.15) is 5.75 Å². The molecule has 0 radical (unpaired) electrons. The highest BCUT2D eigenvalue weighted by Crippen LogP contribution is 2.27. The molecule has 0 fully saturated rings. The normalized spacial score (nSPS) is 11.1. The molecule has 0 N–H and O–H groups in total. The molecule has 0 bridgehead atoms. The third kappa shape index (κ3) is 2.49. The first-order valence-electron chi connectivity index (χ1n) is 3.98. The van der Waals surface area contributed by atoms with Gasteiger partial charge in [0.2, 0.25) is 0 Å². The van der Waals surface area contributed by atoms with Crippen LogP contribution >= 0.6 is 10.7 Å². The SMILES string of the molecule is COc1cc(C)c(C=O)c(S(=O)(=O)Cl)c1. The largest absolute Gasteiger partial charge is 0.497 e. The Hall–Kier alpha value is -1.07. The lowest BCUT2D eigenvalue weighted by Gasteiger charge is -2.07. The molecule has 0 unspecified atom stereocenters. The number of hydrogen-bond donors (Lipinski definition) is 0. The molecule has 0 amide bonds. The van der Waals surface area contributed by atoms with E-state index in [0.29, 0.717) is 17.6 Å². The topological polar surface area (TPSA) is 60.4 Å². The van der Waals surface area contributed by atoms with E-state index in [1.165, 1.54) is 13.2 Å². The van der Waals surface area contributed by atoms with Gasteiger partial charge in [-0.3, -0.25) is 4.79 Å². The van der Waals surface area contributed by atoms with E-state index in [1.807, 2.05) is 0 Å². The van der Waals surface area contributed by atoms with Crippen LogP contribution in [-0.4, -0.2) is 21.8 Å². The smallest absolute Gasteiger partial charge is 0.262 e. The summed E-state index contributed by atoms with van der Waals surface area (Å²) < 4.78 is 27.3. The predicted molar refractivity (Wildman–Crippen MR) is 56.2 cm³/mol. The molecule has 1 aromatic rings. The van der Waals surface area contributed by atoms with Crippen LogP contribution in [0.1, 0.15) is 15.9 Å². The van der Waals surface area contributed by atoms with E-state index in [-0.39, 0.29) is 10.5 Å². The lowest BCUT2D eigenvalue weighted by Crippen LogP contribution is -2.01. The quantitative estimate of drug-likeness (QED) is 0.604. The summed E-state index contributed by atoms with van der Waals surface area (Å²) in [5.74, 6) is 0.345. The molecule has 15 heavy (non-hydrogen) atoms. The zero-order valence-corrected chi connectivity index (χ0v) is 9.72. The summed E-state index contributed by atoms with van der Waals surface area (Å²) in [5.41, 5.74) is 0.564. The molecule has 4 nitrogen and oxygen atoms in total. The first kappa shape index (κ1) is 12.0. The number of rotatable bonds is 3. The van der Waals surface area contributed by atoms with Crippen molar-refractivity contribution in [3.8, 4) is 5.75 Å². The van der Waals surface area contributed by atoms with Crippen molar-refractivity contribution >= 4 is 26.0 Å². The molecule has 0 heterocycles. The Morgan fingerprint density at radius 1 is 1.40 bits per heavy atom. The van der Waals surface area contributed by atoms with Gasteiger partial charge in [0.05, 0.1) is 12.0 Å². The summed E-state index contributed by atoms with van der Waals surface area (Å²) in [5, 5.41) is 0. The molecule has 0 aromatic heterocycles. The summed E-state index contributed by atoms with van der Waals surface area (Å²) >= 11 is 0. The number of benzene rings is 1. The van der Waals surface area contributed by atoms with Crippen LogP contribution in [0.25, 0.3) is 0 Å². The van der Waals surface area contributed by atoms with Gasteiger partial charge < -0.3 is 4.74 Å². The minimum absolute atomic E-state index is 0.0609. The zero-order valence-electron chi connectivity index (χ0n) is 8.15. The maximum Gasteiger partial charge on any atom is 0.262 e. The fraction of sp³-hybridized carbons (Fsp3) is 0.222. The Labute approximate surface area is 92.2 Å². The van der Waals surface area contributed by atoms with Crippen LogP contribution in [0, 0.1) is 6.92 Å². The average molecular weight is 249 g/mol. The van der Waals surface area contributed by atoms with Gasteiger partial charge >= 0.3 is 0 Å². The molecule has 82 valence electrons. The monoisotopic (exact) mass is 248 g/mol. The molecule has 0 atom stereocenters. The fourth-order valence-corrected chi connectivity index (χ4v) is 2.32. The van der Waals surface area contributed by atoms with Gasteiger partial charge in [0.15, 0.2) is 6.29 Å². The standard InChI is InChI=1S/C9H9ClO4S/c1-6-3-7(14-2)4-9(8(6)5-11)15(10,12)13/h3-5H,1-2H3. The van der Waals surface area contributed by atoms with Gasteiger partial charge in [-0.1, -0.05) is 0 Å². The highest BCUT2D eigenvalue weighted by molar-refractivity contribution is 8.13. The molecule has 6 heteroatoms. The Kier molecular flexibility index (Phi) is 3.36. The van der Waals surface area contributed by atoms with Crippen LogP contribution < -0.4 is 4.74 Å². The molecule has 1 rings (SSSR count). The van der Waals surface area contributed by atoms with E-state index in [0.717, 1.165) is 0 Å². The maximum atomic E-state index is 11.2. The predicted octanol–water partition coefficient (Wildman–Crippen LogP) is 1.74. The van der Waals surface area contributed by atoms with Crippen LogP contribution in [-0.2, 0) is 9.05 Å². The average Bonchev–Trinajstić information content (AvgIpc) is 2.15. The number of aldehydes is 1. The first-order chi connectivity index (χ1) is 6.90. The zero-order chi connectivity index (χ0) is 11.6. The van der Waals surface area contributed by atoms with E-state index in [1.54, 1.807) is 13.0 Å². The highest BCUT2D eigenvalue weighted by atomic mass is 35.7. The Balaban J connectivity index is 3.60. The van der Waals surface area contributed by atoms with E-state index in [9.17, 15) is 13.2 Å².